The van der Waals surface area contributed by atoms with E-state index >= 15 is 0 Å². The van der Waals surface area contributed by atoms with Crippen LogP contribution in [-0.2, 0) is 9.53 Å². The lowest BCUT2D eigenvalue weighted by molar-refractivity contribution is -0.139. The van der Waals surface area contributed by atoms with Crippen LogP contribution >= 0.6 is 11.8 Å². The largest absolute Gasteiger partial charge is 0.461 e. The number of rotatable bonds is 5. The van der Waals surface area contributed by atoms with Crippen molar-refractivity contribution in [3.63, 3.8) is 0 Å². The number of allylic oxidation sites excluding steroid dienone is 1. The summed E-state index contributed by atoms with van der Waals surface area (Å²) >= 11 is 1.49. The van der Waals surface area contributed by atoms with E-state index in [4.69, 9.17) is 4.74 Å². The van der Waals surface area contributed by atoms with Gasteiger partial charge in [0.15, 0.2) is 0 Å². The molecule has 0 spiro atoms. The lowest BCUT2D eigenvalue weighted by atomic mass is 10.4. The first-order valence-electron chi connectivity index (χ1n) is 4.77. The standard InChI is InChI=1S/C12H14O2S/c1-2-3-9-14-12(13)10-15-11-7-5-4-6-8-11/h2-8H,9-10H2,1H3. The molecule has 3 heteroatoms. The van der Waals surface area contributed by atoms with Crippen LogP contribution in [0.1, 0.15) is 6.92 Å². The maximum Gasteiger partial charge on any atom is 0.316 e. The first-order valence-corrected chi connectivity index (χ1v) is 5.76. The van der Waals surface area contributed by atoms with Crippen LogP contribution in [0.4, 0.5) is 0 Å². The highest BCUT2D eigenvalue weighted by molar-refractivity contribution is 8.00. The van der Waals surface area contributed by atoms with Crippen LogP contribution in [0, 0.1) is 0 Å². The van der Waals surface area contributed by atoms with Crippen LogP contribution in [0.15, 0.2) is 47.4 Å². The first-order chi connectivity index (χ1) is 7.33. The van der Waals surface area contributed by atoms with Crippen LogP contribution in [0.3, 0.4) is 0 Å². The molecule has 0 saturated heterocycles. The Hall–Kier alpha value is -1.22. The Balaban J connectivity index is 2.23. The van der Waals surface area contributed by atoms with Gasteiger partial charge in [-0.25, -0.2) is 0 Å². The first kappa shape index (κ1) is 11.9. The minimum atomic E-state index is -0.179. The number of esters is 1. The summed E-state index contributed by atoms with van der Waals surface area (Å²) in [6, 6.07) is 9.81. The Kier molecular flexibility index (Phi) is 5.63. The van der Waals surface area contributed by atoms with Crippen LogP contribution in [0.25, 0.3) is 0 Å². The number of hydrogen-bond acceptors (Lipinski definition) is 3. The predicted molar refractivity (Wildman–Crippen MR) is 62.9 cm³/mol. The van der Waals surface area contributed by atoms with E-state index in [9.17, 15) is 4.79 Å². The van der Waals surface area contributed by atoms with Crippen LogP contribution in [0.5, 0.6) is 0 Å². The molecule has 0 amide bonds. The van der Waals surface area contributed by atoms with Crippen molar-refractivity contribution in [2.75, 3.05) is 12.4 Å². The molecule has 0 aliphatic carbocycles. The zero-order valence-corrected chi connectivity index (χ0v) is 9.50. The normalized spacial score (nSPS) is 10.5. The molecule has 15 heavy (non-hydrogen) atoms. The van der Waals surface area contributed by atoms with Gasteiger partial charge in [0, 0.05) is 4.90 Å². The van der Waals surface area contributed by atoms with Gasteiger partial charge in [0.25, 0.3) is 0 Å². The van der Waals surface area contributed by atoms with Gasteiger partial charge in [-0.3, -0.25) is 4.79 Å². The predicted octanol–water partition coefficient (Wildman–Crippen LogP) is 2.90. The quantitative estimate of drug-likeness (QED) is 0.435. The molecule has 0 fully saturated rings. The van der Waals surface area contributed by atoms with E-state index in [1.54, 1.807) is 0 Å². The number of benzene rings is 1. The Morgan fingerprint density at radius 3 is 2.80 bits per heavy atom. The summed E-state index contributed by atoms with van der Waals surface area (Å²) in [5.41, 5.74) is 0. The van der Waals surface area contributed by atoms with E-state index in [0.717, 1.165) is 4.90 Å². The van der Waals surface area contributed by atoms with Gasteiger partial charge in [-0.05, 0) is 19.1 Å². The minimum Gasteiger partial charge on any atom is -0.461 e. The average Bonchev–Trinajstić information content (AvgIpc) is 2.28. The van der Waals surface area contributed by atoms with E-state index < -0.39 is 0 Å². The van der Waals surface area contributed by atoms with Crippen LogP contribution in [-0.4, -0.2) is 18.3 Å². The van der Waals surface area contributed by atoms with E-state index in [0.29, 0.717) is 12.4 Å². The third-order valence-corrected chi connectivity index (χ3v) is 2.66. The molecule has 0 radical (unpaired) electrons. The van der Waals surface area contributed by atoms with E-state index in [2.05, 4.69) is 0 Å². The van der Waals surface area contributed by atoms with E-state index in [1.807, 2.05) is 49.4 Å². The lowest BCUT2D eigenvalue weighted by Gasteiger charge is -2.01. The van der Waals surface area contributed by atoms with Gasteiger partial charge in [-0.15, -0.1) is 11.8 Å². The summed E-state index contributed by atoms with van der Waals surface area (Å²) < 4.78 is 4.96. The Labute approximate surface area is 94.3 Å². The Morgan fingerprint density at radius 2 is 2.13 bits per heavy atom. The number of ether oxygens (including phenoxy) is 1. The average molecular weight is 222 g/mol. The second-order valence-electron chi connectivity index (χ2n) is 2.85. The number of carbonyl (C=O) groups excluding carboxylic acids is 1. The molecule has 1 aromatic rings. The third-order valence-electron chi connectivity index (χ3n) is 1.68. The molecule has 0 bridgehead atoms. The van der Waals surface area contributed by atoms with Gasteiger partial charge in [0.1, 0.15) is 6.61 Å². The van der Waals surface area contributed by atoms with E-state index in [1.165, 1.54) is 11.8 Å². The van der Waals surface area contributed by atoms with Crippen molar-refractivity contribution >= 4 is 17.7 Å². The topological polar surface area (TPSA) is 26.3 Å². The van der Waals surface area contributed by atoms with Gasteiger partial charge in [0.2, 0.25) is 0 Å². The van der Waals surface area contributed by atoms with Crippen molar-refractivity contribution in [2.24, 2.45) is 0 Å². The summed E-state index contributed by atoms with van der Waals surface area (Å²) in [7, 11) is 0. The van der Waals surface area contributed by atoms with Gasteiger partial charge < -0.3 is 4.74 Å². The molecule has 2 nitrogen and oxygen atoms in total. The summed E-state index contributed by atoms with van der Waals surface area (Å²) in [5.74, 6) is 0.184. The zero-order chi connectivity index (χ0) is 10.9. The van der Waals surface area contributed by atoms with Gasteiger partial charge >= 0.3 is 5.97 Å². The maximum atomic E-state index is 11.2. The van der Waals surface area contributed by atoms with Gasteiger partial charge in [-0.1, -0.05) is 30.4 Å². The van der Waals surface area contributed by atoms with Crippen molar-refractivity contribution in [3.05, 3.63) is 42.5 Å². The molecule has 0 unspecified atom stereocenters. The molecule has 0 heterocycles. The molecule has 0 saturated carbocycles. The molecule has 80 valence electrons. The zero-order valence-electron chi connectivity index (χ0n) is 8.68. The molecule has 0 aromatic heterocycles. The van der Waals surface area contributed by atoms with Crippen molar-refractivity contribution in [2.45, 2.75) is 11.8 Å². The molecule has 0 aliphatic heterocycles. The fourth-order valence-electron chi connectivity index (χ4n) is 0.938. The summed E-state index contributed by atoms with van der Waals surface area (Å²) in [5, 5.41) is 0. The second-order valence-corrected chi connectivity index (χ2v) is 3.90. The highest BCUT2D eigenvalue weighted by atomic mass is 32.2. The van der Waals surface area contributed by atoms with Crippen molar-refractivity contribution in [3.8, 4) is 0 Å². The third kappa shape index (κ3) is 5.27. The summed E-state index contributed by atoms with van der Waals surface area (Å²) in [6.07, 6.45) is 3.67. The maximum absolute atomic E-state index is 11.2. The molecule has 0 atom stereocenters. The van der Waals surface area contributed by atoms with Crippen molar-refractivity contribution in [1.29, 1.82) is 0 Å². The van der Waals surface area contributed by atoms with E-state index in [-0.39, 0.29) is 5.97 Å². The summed E-state index contributed by atoms with van der Waals surface area (Å²) in [6.45, 7) is 2.26. The van der Waals surface area contributed by atoms with Gasteiger partial charge in [-0.2, -0.15) is 0 Å². The molecule has 1 aromatic carbocycles. The lowest BCUT2D eigenvalue weighted by Crippen LogP contribution is -2.06. The Bertz CT molecular complexity index is 320. The molecular weight excluding hydrogens is 208 g/mol. The molecule has 1 rings (SSSR count). The number of hydrogen-bond donors (Lipinski definition) is 0. The highest BCUT2D eigenvalue weighted by Gasteiger charge is 2.02. The fraction of sp³-hybridized carbons (Fsp3) is 0.250. The van der Waals surface area contributed by atoms with Crippen LogP contribution < -0.4 is 0 Å². The fourth-order valence-corrected chi connectivity index (χ4v) is 1.66. The second kappa shape index (κ2) is 7.12. The molecule has 0 aliphatic rings. The Morgan fingerprint density at radius 1 is 1.40 bits per heavy atom. The summed E-state index contributed by atoms with van der Waals surface area (Å²) in [4.78, 5) is 12.3. The van der Waals surface area contributed by atoms with Crippen molar-refractivity contribution < 1.29 is 9.53 Å². The number of thioether (sulfide) groups is 1. The minimum absolute atomic E-state index is 0.179. The highest BCUT2D eigenvalue weighted by Crippen LogP contribution is 2.16. The van der Waals surface area contributed by atoms with Crippen molar-refractivity contribution in [1.82, 2.24) is 0 Å². The monoisotopic (exact) mass is 222 g/mol. The molecule has 0 N–H and O–H groups in total. The molecular formula is C12H14O2S. The smallest absolute Gasteiger partial charge is 0.316 e. The SMILES string of the molecule is CC=CCOC(=O)CSc1ccccc1. The van der Waals surface area contributed by atoms with Crippen LogP contribution in [0.2, 0.25) is 0 Å². The number of carbonyl (C=O) groups is 1. The van der Waals surface area contributed by atoms with Gasteiger partial charge in [0.05, 0.1) is 5.75 Å².